The van der Waals surface area contributed by atoms with Gasteiger partial charge < -0.3 is 9.31 Å². The molecule has 1 aliphatic rings. The van der Waals surface area contributed by atoms with Crippen molar-refractivity contribution in [1.82, 2.24) is 59.8 Å². The van der Waals surface area contributed by atoms with E-state index in [1.165, 1.54) is 36.4 Å². The van der Waals surface area contributed by atoms with E-state index in [2.05, 4.69) is 149 Å². The van der Waals surface area contributed by atoms with Gasteiger partial charge in [0.25, 0.3) is 0 Å². The van der Waals surface area contributed by atoms with E-state index in [1.54, 1.807) is 24.5 Å². The Hall–Kier alpha value is -11.3. The molecule has 468 valence electrons. The van der Waals surface area contributed by atoms with E-state index in [1.807, 2.05) is 97.2 Å². The fraction of sp³-hybridized carbons (Fsp3) is 0.0769. The number of fused-ring (bicyclic) bond motifs is 9. The first-order chi connectivity index (χ1) is 47.1. The molecule has 8 aromatic carbocycles. The van der Waals surface area contributed by atoms with Gasteiger partial charge in [0.15, 0.2) is 23.3 Å². The Morgan fingerprint density at radius 1 is 0.289 bits per heavy atom. The summed E-state index contributed by atoms with van der Waals surface area (Å²) in [7, 11) is -0.355. The van der Waals surface area contributed by atoms with Crippen molar-refractivity contribution < 1.29 is 18.1 Å². The molecule has 0 bridgehead atoms. The van der Waals surface area contributed by atoms with Crippen LogP contribution in [0.5, 0.6) is 0 Å². The Kier molecular flexibility index (Phi) is 16.4. The number of halogens is 4. The van der Waals surface area contributed by atoms with E-state index in [4.69, 9.17) is 62.4 Å². The summed E-state index contributed by atoms with van der Waals surface area (Å²) >= 11 is 11.2. The van der Waals surface area contributed by atoms with Crippen LogP contribution in [0.3, 0.4) is 0 Å². The summed E-state index contributed by atoms with van der Waals surface area (Å²) in [4.78, 5) is 54.6. The predicted molar refractivity (Wildman–Crippen MR) is 382 cm³/mol. The zero-order valence-corrected chi connectivity index (χ0v) is 54.0. The second-order valence-corrected chi connectivity index (χ2v) is 24.8. The summed E-state index contributed by atoms with van der Waals surface area (Å²) in [5.74, 6) is 1.12. The molecular weight excluding hydrogens is 1260 g/mol. The maximum Gasteiger partial charge on any atom is 0.494 e. The molecule has 16 aromatic rings. The van der Waals surface area contributed by atoms with Crippen LogP contribution in [0.4, 0.5) is 8.78 Å². The molecule has 0 spiro atoms. The van der Waals surface area contributed by atoms with E-state index >= 15 is 0 Å². The average Bonchev–Trinajstić information content (AvgIpc) is 1.77. The molecule has 8 aromatic heterocycles. The van der Waals surface area contributed by atoms with Crippen LogP contribution in [-0.2, 0) is 9.31 Å². The number of nitrogens with zero attached hydrogens (tertiary/aromatic N) is 12. The van der Waals surface area contributed by atoms with Crippen LogP contribution in [0.1, 0.15) is 27.7 Å². The SMILES string of the molecule is CC1(C)OB(c2ccc(-c3ccc4ccc5cccnc5c4n3)cc2)OC1(C)C.Fc1ccc(-c2nc(-c3ccc(-c4ccc5ccc6cccnc6c5n4)cc3)nc(-c3ccc(-c4ccc5ccc6cccnc6c5n4)cc3)n2)cc1.Fc1ccc(-c2nc(Cl)nc(Cl)n2)cc1. The van der Waals surface area contributed by atoms with Crippen molar-refractivity contribution in [2.24, 2.45) is 0 Å². The molecule has 0 unspecified atom stereocenters. The number of hydrogen-bond donors (Lipinski definition) is 0. The van der Waals surface area contributed by atoms with Crippen LogP contribution < -0.4 is 5.46 Å². The first-order valence-corrected chi connectivity index (χ1v) is 31.8. The first kappa shape index (κ1) is 61.8. The van der Waals surface area contributed by atoms with Crippen molar-refractivity contribution in [3.63, 3.8) is 0 Å². The van der Waals surface area contributed by atoms with Crippen LogP contribution in [0, 0.1) is 11.6 Å². The van der Waals surface area contributed by atoms with E-state index in [9.17, 15) is 8.78 Å². The molecular formula is C78H53BCl2F2N12O2. The van der Waals surface area contributed by atoms with Crippen molar-refractivity contribution in [1.29, 1.82) is 0 Å². The Morgan fingerprint density at radius 2 is 0.557 bits per heavy atom. The lowest BCUT2D eigenvalue weighted by molar-refractivity contribution is 0.00578. The van der Waals surface area contributed by atoms with E-state index < -0.39 is 0 Å². The van der Waals surface area contributed by atoms with Gasteiger partial charge in [0.1, 0.15) is 11.6 Å². The fourth-order valence-electron chi connectivity index (χ4n) is 11.4. The smallest absolute Gasteiger partial charge is 0.399 e. The summed E-state index contributed by atoms with van der Waals surface area (Å²) in [5, 5.41) is 6.38. The molecule has 0 amide bonds. The Morgan fingerprint density at radius 3 is 0.887 bits per heavy atom. The molecule has 0 N–H and O–H groups in total. The first-order valence-electron chi connectivity index (χ1n) is 31.1. The average molecular weight is 1310 g/mol. The largest absolute Gasteiger partial charge is 0.494 e. The van der Waals surface area contributed by atoms with Gasteiger partial charge in [0.05, 0.1) is 61.4 Å². The minimum atomic E-state index is -0.355. The lowest BCUT2D eigenvalue weighted by Gasteiger charge is -2.32. The van der Waals surface area contributed by atoms with Gasteiger partial charge in [-0.3, -0.25) is 15.0 Å². The van der Waals surface area contributed by atoms with Crippen molar-refractivity contribution in [3.05, 3.63) is 271 Å². The summed E-state index contributed by atoms with van der Waals surface area (Å²) in [6.07, 6.45) is 5.41. The molecule has 0 radical (unpaired) electrons. The molecule has 9 heterocycles. The fourth-order valence-corrected chi connectivity index (χ4v) is 11.8. The molecule has 19 heteroatoms. The molecule has 0 aliphatic carbocycles. The van der Waals surface area contributed by atoms with Crippen molar-refractivity contribution >= 4 is 101 Å². The zero-order valence-electron chi connectivity index (χ0n) is 52.4. The van der Waals surface area contributed by atoms with Gasteiger partial charge in [0, 0.05) is 89.9 Å². The van der Waals surface area contributed by atoms with Gasteiger partial charge in [-0.05, 0) is 141 Å². The van der Waals surface area contributed by atoms with Gasteiger partial charge in [-0.25, -0.2) is 38.7 Å². The molecule has 97 heavy (non-hydrogen) atoms. The van der Waals surface area contributed by atoms with Crippen LogP contribution in [0.2, 0.25) is 10.6 Å². The van der Waals surface area contributed by atoms with Crippen molar-refractivity contribution in [2.75, 3.05) is 0 Å². The number of benzene rings is 8. The summed E-state index contributed by atoms with van der Waals surface area (Å²) in [6, 6.07) is 73.0. The summed E-state index contributed by atoms with van der Waals surface area (Å²) in [5.41, 5.74) is 14.2. The standard InChI is InChI=1S/C45H26FN7.C24H23BN2O2.C9H4Cl2FN3/c46-36-21-17-35(18-22-36)45-52-43(33-13-5-27(6-14-33)37-23-19-31-11-9-29-3-1-25-47-39(29)41(31)49-37)51-44(53-45)34-15-7-28(8-16-34)38-24-20-32-12-10-30-4-2-26-48-40(30)42(32)50-38;1-23(2)24(3,4)29-25(28-23)19-12-9-16(10-13-19)20-14-11-18-8-7-17-6-5-15-26-21(17)22(18)27-20;10-8-13-7(14-9(11)15-8)5-1-3-6(12)4-2-5/h1-26H;5-15H,1-4H3;1-4H. The van der Waals surface area contributed by atoms with Gasteiger partial charge in [-0.2, -0.15) is 15.0 Å². The third-order valence-electron chi connectivity index (χ3n) is 17.3. The van der Waals surface area contributed by atoms with E-state index in [0.29, 0.717) is 34.4 Å². The van der Waals surface area contributed by atoms with Crippen LogP contribution in [0.15, 0.2) is 249 Å². The lowest BCUT2D eigenvalue weighted by Crippen LogP contribution is -2.41. The summed E-state index contributed by atoms with van der Waals surface area (Å²) in [6.45, 7) is 8.27. The second-order valence-electron chi connectivity index (χ2n) is 24.1. The zero-order chi connectivity index (χ0) is 66.4. The van der Waals surface area contributed by atoms with Gasteiger partial charge in [-0.1, -0.05) is 146 Å². The molecule has 1 saturated heterocycles. The van der Waals surface area contributed by atoms with E-state index in [0.717, 1.165) is 116 Å². The third-order valence-corrected chi connectivity index (χ3v) is 17.7. The van der Waals surface area contributed by atoms with E-state index in [-0.39, 0.29) is 40.5 Å². The van der Waals surface area contributed by atoms with Gasteiger partial charge in [-0.15, -0.1) is 0 Å². The minimum absolute atomic E-state index is 0.00863. The quantitative estimate of drug-likeness (QED) is 0.104. The highest BCUT2D eigenvalue weighted by atomic mass is 35.5. The Labute approximate surface area is 565 Å². The highest BCUT2D eigenvalue weighted by Crippen LogP contribution is 2.38. The highest BCUT2D eigenvalue weighted by Gasteiger charge is 2.51. The maximum atomic E-state index is 13.9. The number of hydrogen-bond acceptors (Lipinski definition) is 14. The minimum Gasteiger partial charge on any atom is -0.399 e. The molecule has 1 aliphatic heterocycles. The molecule has 0 saturated carbocycles. The van der Waals surface area contributed by atoms with Crippen molar-refractivity contribution in [2.45, 2.75) is 38.9 Å². The van der Waals surface area contributed by atoms with Crippen LogP contribution >= 0.6 is 23.2 Å². The molecule has 17 rings (SSSR count). The number of rotatable bonds is 8. The van der Waals surface area contributed by atoms with Crippen LogP contribution in [-0.4, -0.2) is 78.1 Å². The summed E-state index contributed by atoms with van der Waals surface area (Å²) < 4.78 is 38.9. The second kappa shape index (κ2) is 25.8. The van der Waals surface area contributed by atoms with Gasteiger partial charge in [0.2, 0.25) is 10.6 Å². The Balaban J connectivity index is 0.000000145. The molecule has 14 nitrogen and oxygen atoms in total. The maximum absolute atomic E-state index is 13.9. The topological polar surface area (TPSA) is 173 Å². The highest BCUT2D eigenvalue weighted by molar-refractivity contribution is 6.62. The number of pyridine rings is 6. The third kappa shape index (κ3) is 12.8. The van der Waals surface area contributed by atoms with Crippen LogP contribution in [0.25, 0.3) is 145 Å². The molecule has 1 fully saturated rings. The lowest BCUT2D eigenvalue weighted by atomic mass is 9.79. The number of aromatic nitrogens is 12. The van der Waals surface area contributed by atoms with Gasteiger partial charge >= 0.3 is 7.12 Å². The van der Waals surface area contributed by atoms with Crippen molar-refractivity contribution in [3.8, 4) is 79.3 Å². The molecule has 0 atom stereocenters. The monoisotopic (exact) mass is 1310 g/mol. The normalized spacial score (nSPS) is 13.2. The Bertz CT molecular complexity index is 5450. The predicted octanol–water partition coefficient (Wildman–Crippen LogP) is 18.3.